The number of rotatable bonds is 2. The zero-order valence-corrected chi connectivity index (χ0v) is 14.7. The Labute approximate surface area is 153 Å². The monoisotopic (exact) mass is 354 g/mol. The molecule has 4 nitrogen and oxygen atoms in total. The summed E-state index contributed by atoms with van der Waals surface area (Å²) in [4.78, 5) is 14.2. The van der Waals surface area contributed by atoms with Crippen molar-refractivity contribution in [2.24, 2.45) is 0 Å². The number of nitrogens with one attached hydrogen (secondary N) is 1. The molecule has 2 aromatic carbocycles. The molecule has 0 aromatic heterocycles. The number of halogens is 1. The van der Waals surface area contributed by atoms with Crippen molar-refractivity contribution < 1.29 is 13.9 Å². The minimum Gasteiger partial charge on any atom is -0.445 e. The SMILES string of the molecule is O=C(OCc1ccccc1)N1CCC2(CC1)CNCc1cc(F)ccc12. The fraction of sp³-hybridized carbons (Fsp3) is 0.381. The molecular weight excluding hydrogens is 331 g/mol. The summed E-state index contributed by atoms with van der Waals surface area (Å²) in [5, 5.41) is 3.42. The smallest absolute Gasteiger partial charge is 0.410 e. The number of amides is 1. The number of carbonyl (C=O) groups is 1. The number of likely N-dealkylation sites (tertiary alicyclic amines) is 1. The van der Waals surface area contributed by atoms with Crippen molar-refractivity contribution in [1.82, 2.24) is 10.2 Å². The predicted molar refractivity (Wildman–Crippen MR) is 97.2 cm³/mol. The third kappa shape index (κ3) is 3.31. The first-order valence-corrected chi connectivity index (χ1v) is 9.12. The highest BCUT2D eigenvalue weighted by molar-refractivity contribution is 5.68. The Morgan fingerprint density at radius 1 is 1.15 bits per heavy atom. The Kier molecular flexibility index (Phi) is 4.64. The number of piperidine rings is 1. The molecule has 1 spiro atoms. The third-order valence-corrected chi connectivity index (χ3v) is 5.60. The second-order valence-electron chi connectivity index (χ2n) is 7.21. The Hall–Kier alpha value is -2.40. The summed E-state index contributed by atoms with van der Waals surface area (Å²) in [6, 6.07) is 14.8. The van der Waals surface area contributed by atoms with Crippen LogP contribution in [0.2, 0.25) is 0 Å². The summed E-state index contributed by atoms with van der Waals surface area (Å²) < 4.78 is 19.0. The van der Waals surface area contributed by atoms with Crippen LogP contribution in [0.1, 0.15) is 29.5 Å². The zero-order chi connectivity index (χ0) is 18.0. The number of nitrogens with zero attached hydrogens (tertiary/aromatic N) is 1. The van der Waals surface area contributed by atoms with Gasteiger partial charge in [-0.2, -0.15) is 0 Å². The molecule has 0 aliphatic carbocycles. The van der Waals surface area contributed by atoms with Gasteiger partial charge in [0.1, 0.15) is 12.4 Å². The lowest BCUT2D eigenvalue weighted by molar-refractivity contribution is 0.0759. The quantitative estimate of drug-likeness (QED) is 0.896. The van der Waals surface area contributed by atoms with E-state index in [-0.39, 0.29) is 17.3 Å². The van der Waals surface area contributed by atoms with Crippen LogP contribution in [-0.2, 0) is 23.3 Å². The van der Waals surface area contributed by atoms with Crippen molar-refractivity contribution in [2.75, 3.05) is 19.6 Å². The van der Waals surface area contributed by atoms with Gasteiger partial charge in [0.05, 0.1) is 0 Å². The highest BCUT2D eigenvalue weighted by Crippen LogP contribution is 2.39. The average molecular weight is 354 g/mol. The van der Waals surface area contributed by atoms with Gasteiger partial charge in [0.15, 0.2) is 0 Å². The van der Waals surface area contributed by atoms with E-state index in [0.29, 0.717) is 26.2 Å². The number of ether oxygens (including phenoxy) is 1. The molecule has 1 fully saturated rings. The van der Waals surface area contributed by atoms with Crippen molar-refractivity contribution in [3.63, 3.8) is 0 Å². The van der Waals surface area contributed by atoms with Crippen LogP contribution < -0.4 is 5.32 Å². The standard InChI is InChI=1S/C21H23FN2O2/c22-18-6-7-19-17(12-18)13-23-15-21(19)8-10-24(11-9-21)20(25)26-14-16-4-2-1-3-5-16/h1-7,12,23H,8-11,13-15H2. The topological polar surface area (TPSA) is 41.6 Å². The highest BCUT2D eigenvalue weighted by atomic mass is 19.1. The summed E-state index contributed by atoms with van der Waals surface area (Å²) in [5.74, 6) is -0.190. The maximum absolute atomic E-state index is 13.5. The van der Waals surface area contributed by atoms with Gasteiger partial charge in [-0.1, -0.05) is 36.4 Å². The number of carbonyl (C=O) groups excluding carboxylic acids is 1. The average Bonchev–Trinajstić information content (AvgIpc) is 2.67. The van der Waals surface area contributed by atoms with Crippen LogP contribution in [0.4, 0.5) is 9.18 Å². The molecular formula is C21H23FN2O2. The van der Waals surface area contributed by atoms with Crippen molar-refractivity contribution in [2.45, 2.75) is 31.4 Å². The molecule has 1 N–H and O–H groups in total. The van der Waals surface area contributed by atoms with Gasteiger partial charge in [0, 0.05) is 31.6 Å². The van der Waals surface area contributed by atoms with E-state index in [1.165, 1.54) is 5.56 Å². The molecule has 0 saturated carbocycles. The Morgan fingerprint density at radius 3 is 2.69 bits per heavy atom. The maximum atomic E-state index is 13.5. The summed E-state index contributed by atoms with van der Waals surface area (Å²) >= 11 is 0. The van der Waals surface area contributed by atoms with E-state index >= 15 is 0 Å². The van der Waals surface area contributed by atoms with Gasteiger partial charge >= 0.3 is 6.09 Å². The van der Waals surface area contributed by atoms with Crippen LogP contribution >= 0.6 is 0 Å². The van der Waals surface area contributed by atoms with Crippen LogP contribution in [0.3, 0.4) is 0 Å². The zero-order valence-electron chi connectivity index (χ0n) is 14.7. The third-order valence-electron chi connectivity index (χ3n) is 5.60. The van der Waals surface area contributed by atoms with Crippen molar-refractivity contribution >= 4 is 6.09 Å². The van der Waals surface area contributed by atoms with Crippen molar-refractivity contribution in [1.29, 1.82) is 0 Å². The summed E-state index contributed by atoms with van der Waals surface area (Å²) in [6.45, 7) is 3.19. The molecule has 2 aliphatic rings. The maximum Gasteiger partial charge on any atom is 0.410 e. The first-order valence-electron chi connectivity index (χ1n) is 9.12. The lowest BCUT2D eigenvalue weighted by atomic mass is 9.69. The molecule has 4 rings (SSSR count). The first kappa shape index (κ1) is 17.0. The van der Waals surface area contributed by atoms with E-state index < -0.39 is 0 Å². The van der Waals surface area contributed by atoms with Crippen LogP contribution in [0, 0.1) is 5.82 Å². The first-order chi connectivity index (χ1) is 12.7. The van der Waals surface area contributed by atoms with Crippen LogP contribution in [-0.4, -0.2) is 30.6 Å². The Morgan fingerprint density at radius 2 is 1.92 bits per heavy atom. The van der Waals surface area contributed by atoms with Crippen molar-refractivity contribution in [3.8, 4) is 0 Å². The normalized spacial score (nSPS) is 18.4. The highest BCUT2D eigenvalue weighted by Gasteiger charge is 2.40. The lowest BCUT2D eigenvalue weighted by Gasteiger charge is -2.45. The molecule has 0 atom stereocenters. The number of hydrogen-bond donors (Lipinski definition) is 1. The summed E-state index contributed by atoms with van der Waals surface area (Å²) in [6.07, 6.45) is 1.46. The van der Waals surface area contributed by atoms with E-state index in [2.05, 4.69) is 5.32 Å². The van der Waals surface area contributed by atoms with Gasteiger partial charge in [0.2, 0.25) is 0 Å². The Balaban J connectivity index is 1.39. The van der Waals surface area contributed by atoms with Crippen molar-refractivity contribution in [3.05, 3.63) is 71.0 Å². The van der Waals surface area contributed by atoms with E-state index in [1.807, 2.05) is 36.4 Å². The molecule has 26 heavy (non-hydrogen) atoms. The fourth-order valence-electron chi connectivity index (χ4n) is 4.13. The molecule has 5 heteroatoms. The summed E-state index contributed by atoms with van der Waals surface area (Å²) in [5.41, 5.74) is 3.24. The second kappa shape index (κ2) is 7.08. The minimum absolute atomic E-state index is 0.0164. The number of benzene rings is 2. The van der Waals surface area contributed by atoms with E-state index in [9.17, 15) is 9.18 Å². The van der Waals surface area contributed by atoms with E-state index in [1.54, 1.807) is 17.0 Å². The molecule has 0 bridgehead atoms. The lowest BCUT2D eigenvalue weighted by Crippen LogP contribution is -2.52. The van der Waals surface area contributed by atoms with Gasteiger partial charge in [-0.15, -0.1) is 0 Å². The van der Waals surface area contributed by atoms with Gasteiger partial charge in [-0.25, -0.2) is 9.18 Å². The molecule has 1 amide bonds. The van der Waals surface area contributed by atoms with Crippen LogP contribution in [0.15, 0.2) is 48.5 Å². The van der Waals surface area contributed by atoms with Crippen LogP contribution in [0.5, 0.6) is 0 Å². The molecule has 2 heterocycles. The van der Waals surface area contributed by atoms with Crippen LogP contribution in [0.25, 0.3) is 0 Å². The summed E-state index contributed by atoms with van der Waals surface area (Å²) in [7, 11) is 0. The fourth-order valence-corrected chi connectivity index (χ4v) is 4.13. The number of hydrogen-bond acceptors (Lipinski definition) is 3. The van der Waals surface area contributed by atoms with Gasteiger partial charge in [0.25, 0.3) is 0 Å². The molecule has 2 aromatic rings. The molecule has 2 aliphatic heterocycles. The van der Waals surface area contributed by atoms with Gasteiger partial charge in [-0.05, 0) is 41.7 Å². The molecule has 136 valence electrons. The van der Waals surface area contributed by atoms with E-state index in [4.69, 9.17) is 4.74 Å². The molecule has 0 unspecified atom stereocenters. The number of fused-ring (bicyclic) bond motifs is 2. The Bertz CT molecular complexity index is 786. The molecule has 1 saturated heterocycles. The second-order valence-corrected chi connectivity index (χ2v) is 7.21. The molecule has 0 radical (unpaired) electrons. The van der Waals surface area contributed by atoms with Gasteiger partial charge in [-0.3, -0.25) is 0 Å². The minimum atomic E-state index is -0.258. The largest absolute Gasteiger partial charge is 0.445 e. The van der Waals surface area contributed by atoms with E-state index in [0.717, 1.165) is 30.5 Å². The van der Waals surface area contributed by atoms with Gasteiger partial charge < -0.3 is 15.0 Å². The predicted octanol–water partition coefficient (Wildman–Crippen LogP) is 3.60.